The van der Waals surface area contributed by atoms with E-state index in [4.69, 9.17) is 16.6 Å². The van der Waals surface area contributed by atoms with Crippen molar-refractivity contribution in [2.24, 2.45) is 11.5 Å². The van der Waals surface area contributed by atoms with E-state index in [1.54, 1.807) is 6.20 Å². The number of para-hydroxylation sites is 1. The third-order valence-electron chi connectivity index (χ3n) is 5.83. The summed E-state index contributed by atoms with van der Waals surface area (Å²) in [6.45, 7) is 1.26. The number of rotatable bonds is 13. The molecule has 2 aromatic heterocycles. The first-order valence-electron chi connectivity index (χ1n) is 11.7. The van der Waals surface area contributed by atoms with Gasteiger partial charge in [-0.1, -0.05) is 18.2 Å². The fourth-order valence-electron chi connectivity index (χ4n) is 3.79. The van der Waals surface area contributed by atoms with Crippen molar-refractivity contribution in [3.8, 4) is 0 Å². The molecule has 0 aliphatic rings. The number of carboxylic acids is 1. The maximum absolute atomic E-state index is 13.1. The number of benzene rings is 1. The van der Waals surface area contributed by atoms with Crippen molar-refractivity contribution in [2.75, 3.05) is 0 Å². The molecule has 0 radical (unpaired) electrons. The summed E-state index contributed by atoms with van der Waals surface area (Å²) >= 11 is 0. The number of H-pyrrole nitrogens is 2. The minimum Gasteiger partial charge on any atom is -0.480 e. The minimum absolute atomic E-state index is 0.0682. The molecule has 0 aliphatic carbocycles. The smallest absolute Gasteiger partial charge is 0.325 e. The van der Waals surface area contributed by atoms with E-state index in [0.717, 1.165) is 16.5 Å². The van der Waals surface area contributed by atoms with Gasteiger partial charge in [0, 0.05) is 35.4 Å². The summed E-state index contributed by atoms with van der Waals surface area (Å²) in [5.41, 5.74) is 13.5. The van der Waals surface area contributed by atoms with E-state index in [9.17, 15) is 24.0 Å². The molecule has 2 heterocycles. The number of hydrogen-bond acceptors (Lipinski definition) is 7. The van der Waals surface area contributed by atoms with Gasteiger partial charge < -0.3 is 42.5 Å². The number of aromatic nitrogens is 3. The van der Waals surface area contributed by atoms with Gasteiger partial charge in [-0.25, -0.2) is 4.98 Å². The molecule has 38 heavy (non-hydrogen) atoms. The van der Waals surface area contributed by atoms with Crippen molar-refractivity contribution in [3.63, 3.8) is 0 Å². The SMILES string of the molecule is CC(NC(=O)C(Cc1cnc[nH]1)NC(=O)C(CC(N)=O)NC(=O)C(N)Cc1c[nH]c2ccccc12)C(=O)O. The average Bonchev–Trinajstić information content (AvgIpc) is 3.52. The Hall–Kier alpha value is -4.72. The third-order valence-corrected chi connectivity index (χ3v) is 5.83. The van der Waals surface area contributed by atoms with Crippen LogP contribution in [-0.2, 0) is 36.8 Å². The highest BCUT2D eigenvalue weighted by atomic mass is 16.4. The van der Waals surface area contributed by atoms with Crippen molar-refractivity contribution < 1.29 is 29.1 Å². The Morgan fingerprint density at radius 1 is 0.974 bits per heavy atom. The summed E-state index contributed by atoms with van der Waals surface area (Å²) in [5, 5.41) is 17.2. The molecular formula is C24H30N8O6. The van der Waals surface area contributed by atoms with Crippen LogP contribution in [0.1, 0.15) is 24.6 Å². The molecule has 10 N–H and O–H groups in total. The zero-order valence-electron chi connectivity index (χ0n) is 20.6. The van der Waals surface area contributed by atoms with Crippen LogP contribution in [0.2, 0.25) is 0 Å². The van der Waals surface area contributed by atoms with Crippen molar-refractivity contribution in [3.05, 3.63) is 54.2 Å². The lowest BCUT2D eigenvalue weighted by molar-refractivity contribution is -0.142. The molecule has 0 bridgehead atoms. The van der Waals surface area contributed by atoms with E-state index in [2.05, 4.69) is 30.9 Å². The number of imidazole rings is 1. The molecule has 4 amide bonds. The second-order valence-corrected chi connectivity index (χ2v) is 8.81. The molecule has 0 saturated carbocycles. The normalized spacial score (nSPS) is 14.2. The van der Waals surface area contributed by atoms with Crippen LogP contribution in [0.5, 0.6) is 0 Å². The van der Waals surface area contributed by atoms with Gasteiger partial charge in [0.15, 0.2) is 0 Å². The lowest BCUT2D eigenvalue weighted by atomic mass is 10.0. The molecule has 0 fully saturated rings. The highest BCUT2D eigenvalue weighted by Crippen LogP contribution is 2.18. The van der Waals surface area contributed by atoms with E-state index in [-0.39, 0.29) is 12.8 Å². The molecule has 0 aliphatic heterocycles. The highest BCUT2D eigenvalue weighted by Gasteiger charge is 2.31. The van der Waals surface area contributed by atoms with Crippen LogP contribution in [0.3, 0.4) is 0 Å². The molecular weight excluding hydrogens is 496 g/mol. The number of hydrogen-bond donors (Lipinski definition) is 8. The van der Waals surface area contributed by atoms with Crippen LogP contribution in [0, 0.1) is 0 Å². The Kier molecular flexibility index (Phi) is 9.16. The summed E-state index contributed by atoms with van der Waals surface area (Å²) in [4.78, 5) is 71.3. The van der Waals surface area contributed by atoms with Crippen molar-refractivity contribution in [1.29, 1.82) is 0 Å². The van der Waals surface area contributed by atoms with Gasteiger partial charge in [-0.05, 0) is 25.0 Å². The fourth-order valence-corrected chi connectivity index (χ4v) is 3.79. The predicted octanol–water partition coefficient (Wildman–Crippen LogP) is -1.56. The maximum Gasteiger partial charge on any atom is 0.325 e. The monoisotopic (exact) mass is 526 g/mol. The van der Waals surface area contributed by atoms with Crippen LogP contribution in [0.15, 0.2) is 43.0 Å². The first-order chi connectivity index (χ1) is 18.0. The molecule has 14 nitrogen and oxygen atoms in total. The molecule has 14 heteroatoms. The van der Waals surface area contributed by atoms with Crippen LogP contribution in [-0.4, -0.2) is 73.8 Å². The number of primary amides is 1. The second-order valence-electron chi connectivity index (χ2n) is 8.81. The quantitative estimate of drug-likeness (QED) is 0.129. The Morgan fingerprint density at radius 2 is 1.66 bits per heavy atom. The minimum atomic E-state index is -1.43. The fraction of sp³-hybridized carbons (Fsp3) is 0.333. The summed E-state index contributed by atoms with van der Waals surface area (Å²) in [7, 11) is 0. The van der Waals surface area contributed by atoms with Gasteiger partial charge in [0.2, 0.25) is 23.6 Å². The number of amides is 4. The molecule has 3 rings (SSSR count). The average molecular weight is 527 g/mol. The van der Waals surface area contributed by atoms with Crippen LogP contribution in [0.25, 0.3) is 10.9 Å². The van der Waals surface area contributed by atoms with Crippen molar-refractivity contribution in [2.45, 2.75) is 50.4 Å². The van der Waals surface area contributed by atoms with Gasteiger partial charge >= 0.3 is 5.97 Å². The van der Waals surface area contributed by atoms with Gasteiger partial charge in [0.1, 0.15) is 18.1 Å². The molecule has 202 valence electrons. The molecule has 1 aromatic carbocycles. The lowest BCUT2D eigenvalue weighted by Gasteiger charge is -2.24. The van der Waals surface area contributed by atoms with E-state index in [1.807, 2.05) is 24.3 Å². The number of aromatic amines is 2. The topological polar surface area (TPSA) is 238 Å². The number of carbonyl (C=O) groups excluding carboxylic acids is 4. The zero-order chi connectivity index (χ0) is 27.8. The molecule has 3 aromatic rings. The van der Waals surface area contributed by atoms with Gasteiger partial charge in [-0.15, -0.1) is 0 Å². The Labute approximate surface area is 216 Å². The lowest BCUT2D eigenvalue weighted by Crippen LogP contribution is -2.58. The van der Waals surface area contributed by atoms with E-state index >= 15 is 0 Å². The van der Waals surface area contributed by atoms with Gasteiger partial charge in [0.05, 0.1) is 18.8 Å². The molecule has 4 atom stereocenters. The maximum atomic E-state index is 13.1. The summed E-state index contributed by atoms with van der Waals surface area (Å²) in [6.07, 6.45) is 4.07. The number of nitrogens with zero attached hydrogens (tertiary/aromatic N) is 1. The second kappa shape index (κ2) is 12.5. The standard InChI is InChI=1S/C24H30N8O6/c1-12(24(37)38)30-22(35)18(7-14-10-27-11-29-14)32-23(36)19(8-20(26)33)31-21(34)16(25)6-13-9-28-17-5-3-2-4-15(13)17/h2-5,9-12,16,18-19,28H,6-8,25H2,1H3,(H2,26,33)(H,27,29)(H,30,35)(H,31,34)(H,32,36)(H,37,38). The first kappa shape index (κ1) is 27.9. The van der Waals surface area contributed by atoms with E-state index in [0.29, 0.717) is 5.69 Å². The van der Waals surface area contributed by atoms with Gasteiger partial charge in [-0.3, -0.25) is 24.0 Å². The largest absolute Gasteiger partial charge is 0.480 e. The summed E-state index contributed by atoms with van der Waals surface area (Å²) < 4.78 is 0. The zero-order valence-corrected chi connectivity index (χ0v) is 20.6. The van der Waals surface area contributed by atoms with Crippen LogP contribution >= 0.6 is 0 Å². The number of aliphatic carboxylic acids is 1. The molecule has 0 spiro atoms. The van der Waals surface area contributed by atoms with Crippen molar-refractivity contribution >= 4 is 40.5 Å². The number of carbonyl (C=O) groups is 5. The number of nitrogens with two attached hydrogens (primary N) is 2. The Morgan fingerprint density at radius 3 is 2.32 bits per heavy atom. The molecule has 4 unspecified atom stereocenters. The number of fused-ring (bicyclic) bond motifs is 1. The first-order valence-corrected chi connectivity index (χ1v) is 11.7. The van der Waals surface area contributed by atoms with E-state index in [1.165, 1.54) is 19.4 Å². The summed E-state index contributed by atoms with van der Waals surface area (Å²) in [6, 6.07) is 2.51. The Balaban J connectivity index is 1.71. The van der Waals surface area contributed by atoms with E-state index < -0.39 is 60.2 Å². The third kappa shape index (κ3) is 7.39. The van der Waals surface area contributed by atoms with Crippen molar-refractivity contribution in [1.82, 2.24) is 30.9 Å². The number of nitrogens with one attached hydrogen (secondary N) is 5. The Bertz CT molecular complexity index is 1300. The predicted molar refractivity (Wildman–Crippen MR) is 135 cm³/mol. The van der Waals surface area contributed by atoms with Gasteiger partial charge in [0.25, 0.3) is 0 Å². The highest BCUT2D eigenvalue weighted by molar-refractivity contribution is 5.96. The molecule has 0 saturated heterocycles. The van der Waals surface area contributed by atoms with Gasteiger partial charge in [-0.2, -0.15) is 0 Å². The van der Waals surface area contributed by atoms with Crippen LogP contribution in [0.4, 0.5) is 0 Å². The van der Waals surface area contributed by atoms with Crippen LogP contribution < -0.4 is 27.4 Å². The number of carboxylic acid groups (broad SMARTS) is 1. The summed E-state index contributed by atoms with van der Waals surface area (Å²) in [5.74, 6) is -4.51.